The van der Waals surface area contributed by atoms with Crippen molar-refractivity contribution in [1.82, 2.24) is 20.3 Å². The molecule has 8 nitrogen and oxygen atoms in total. The molecule has 178 valence electrons. The predicted octanol–water partition coefficient (Wildman–Crippen LogP) is 3.49. The molecule has 0 spiro atoms. The molecule has 1 unspecified atom stereocenters. The van der Waals surface area contributed by atoms with E-state index in [1.165, 1.54) is 0 Å². The molecule has 9 heteroatoms. The number of hydrogen-bond donors (Lipinski definition) is 1. The van der Waals surface area contributed by atoms with Gasteiger partial charge in [-0.15, -0.1) is 11.8 Å². The molecule has 0 aromatic carbocycles. The minimum atomic E-state index is 0.559. The van der Waals surface area contributed by atoms with E-state index in [2.05, 4.69) is 52.2 Å². The number of rotatable bonds is 13. The Hall–Kier alpha value is -1.84. The number of thioether (sulfide) groups is 1. The zero-order valence-electron chi connectivity index (χ0n) is 19.8. The molecule has 0 saturated carbocycles. The number of allylic oxidation sites excluding steroid dienone is 1. The zero-order chi connectivity index (χ0) is 22.6. The Morgan fingerprint density at radius 3 is 2.72 bits per heavy atom. The van der Waals surface area contributed by atoms with Crippen molar-refractivity contribution in [3.63, 3.8) is 0 Å². The first-order valence-electron chi connectivity index (χ1n) is 11.9. The van der Waals surface area contributed by atoms with Crippen LogP contribution in [-0.4, -0.2) is 78.9 Å². The standard InChI is InChI=1S/C23H38N6O2S/c1-4-9-29(10-5-2)21-17-22(31-16-13-28-11-14-30-15-12-28)26-20(25-21)18-24-27-23-8-7-19(6-3)32-23/h8,17-19,27H,4-7,9-16H2,1-3H3/b24-18+. The highest BCUT2D eigenvalue weighted by atomic mass is 32.2. The van der Waals surface area contributed by atoms with Gasteiger partial charge in [-0.25, -0.2) is 4.98 Å². The Balaban J connectivity index is 1.66. The molecule has 0 radical (unpaired) electrons. The molecule has 3 heterocycles. The number of aromatic nitrogens is 2. The van der Waals surface area contributed by atoms with Gasteiger partial charge in [0.25, 0.3) is 0 Å². The highest BCUT2D eigenvalue weighted by Gasteiger charge is 2.16. The van der Waals surface area contributed by atoms with Crippen LogP contribution in [0.2, 0.25) is 0 Å². The SMILES string of the molecule is CCCN(CCC)c1cc(OCCN2CCOCC2)nc(/C=N/NC2=CCC(CC)S2)n1. The van der Waals surface area contributed by atoms with E-state index in [1.807, 2.05) is 17.8 Å². The average Bonchev–Trinajstić information content (AvgIpc) is 3.28. The van der Waals surface area contributed by atoms with E-state index >= 15 is 0 Å². The highest BCUT2D eigenvalue weighted by molar-refractivity contribution is 8.03. The Bertz CT molecular complexity index is 748. The molecule has 1 aromatic heterocycles. The molecule has 1 aromatic rings. The Kier molecular flexibility index (Phi) is 10.6. The third-order valence-electron chi connectivity index (χ3n) is 5.45. The molecule has 1 atom stereocenters. The van der Waals surface area contributed by atoms with Crippen LogP contribution in [-0.2, 0) is 4.74 Å². The molecule has 2 aliphatic heterocycles. The van der Waals surface area contributed by atoms with E-state index in [4.69, 9.17) is 14.5 Å². The quantitative estimate of drug-likeness (QED) is 0.353. The molecule has 32 heavy (non-hydrogen) atoms. The van der Waals surface area contributed by atoms with E-state index in [1.54, 1.807) is 6.21 Å². The summed E-state index contributed by atoms with van der Waals surface area (Å²) in [5.74, 6) is 2.05. The minimum Gasteiger partial charge on any atom is -0.476 e. The van der Waals surface area contributed by atoms with E-state index < -0.39 is 0 Å². The van der Waals surface area contributed by atoms with Crippen molar-refractivity contribution in [2.75, 3.05) is 57.4 Å². The summed E-state index contributed by atoms with van der Waals surface area (Å²) in [7, 11) is 0. The van der Waals surface area contributed by atoms with Crippen LogP contribution in [0.25, 0.3) is 0 Å². The van der Waals surface area contributed by atoms with Crippen molar-refractivity contribution in [3.8, 4) is 5.88 Å². The summed E-state index contributed by atoms with van der Waals surface area (Å²) in [5, 5.41) is 6.14. The third kappa shape index (κ3) is 7.94. The van der Waals surface area contributed by atoms with Crippen molar-refractivity contribution in [1.29, 1.82) is 0 Å². The molecular weight excluding hydrogens is 424 g/mol. The topological polar surface area (TPSA) is 75.1 Å². The van der Waals surface area contributed by atoms with E-state index in [9.17, 15) is 0 Å². The maximum absolute atomic E-state index is 6.05. The number of nitrogens with zero attached hydrogens (tertiary/aromatic N) is 5. The molecule has 1 N–H and O–H groups in total. The molecule has 0 bridgehead atoms. The summed E-state index contributed by atoms with van der Waals surface area (Å²) in [4.78, 5) is 14.0. The van der Waals surface area contributed by atoms with Gasteiger partial charge in [-0.3, -0.25) is 10.3 Å². The molecule has 2 aliphatic rings. The summed E-state index contributed by atoms with van der Waals surface area (Å²) in [6, 6.07) is 1.95. The van der Waals surface area contributed by atoms with Gasteiger partial charge in [-0.05, 0) is 25.7 Å². The van der Waals surface area contributed by atoms with E-state index in [0.29, 0.717) is 23.6 Å². The van der Waals surface area contributed by atoms with Crippen LogP contribution in [0, 0.1) is 0 Å². The van der Waals surface area contributed by atoms with Gasteiger partial charge < -0.3 is 14.4 Å². The molecular formula is C23H38N6O2S. The fraction of sp³-hybridized carbons (Fsp3) is 0.696. The Morgan fingerprint density at radius 1 is 1.25 bits per heavy atom. The van der Waals surface area contributed by atoms with Crippen molar-refractivity contribution in [2.24, 2.45) is 5.10 Å². The van der Waals surface area contributed by atoms with E-state index in [-0.39, 0.29) is 0 Å². The molecule has 1 fully saturated rings. The van der Waals surface area contributed by atoms with Crippen LogP contribution in [0.3, 0.4) is 0 Å². The summed E-state index contributed by atoms with van der Waals surface area (Å²) in [6.45, 7) is 13.5. The fourth-order valence-electron chi connectivity index (χ4n) is 3.70. The van der Waals surface area contributed by atoms with Crippen molar-refractivity contribution in [2.45, 2.75) is 51.7 Å². The molecule has 0 amide bonds. The lowest BCUT2D eigenvalue weighted by atomic mass is 10.2. The fourth-order valence-corrected chi connectivity index (χ4v) is 4.71. The normalized spacial score (nSPS) is 19.3. The number of nitrogens with one attached hydrogen (secondary N) is 1. The van der Waals surface area contributed by atoms with Gasteiger partial charge in [-0.1, -0.05) is 26.8 Å². The summed E-state index contributed by atoms with van der Waals surface area (Å²) < 4.78 is 11.5. The first kappa shape index (κ1) is 24.8. The number of hydrazone groups is 1. The van der Waals surface area contributed by atoms with Gasteiger partial charge in [0, 0.05) is 44.0 Å². The summed E-state index contributed by atoms with van der Waals surface area (Å²) >= 11 is 1.84. The second-order valence-corrected chi connectivity index (χ2v) is 9.38. The first-order chi connectivity index (χ1) is 15.7. The maximum atomic E-state index is 6.05. The highest BCUT2D eigenvalue weighted by Crippen LogP contribution is 2.32. The molecule has 1 saturated heterocycles. The van der Waals surface area contributed by atoms with Crippen LogP contribution in [0.4, 0.5) is 5.82 Å². The molecule has 0 aliphatic carbocycles. The van der Waals surface area contributed by atoms with Gasteiger partial charge in [0.15, 0.2) is 5.82 Å². The van der Waals surface area contributed by atoms with Crippen LogP contribution < -0.4 is 15.1 Å². The molecule has 3 rings (SSSR count). The maximum Gasteiger partial charge on any atom is 0.219 e. The lowest BCUT2D eigenvalue weighted by molar-refractivity contribution is 0.0320. The Labute approximate surface area is 196 Å². The lowest BCUT2D eigenvalue weighted by Crippen LogP contribution is -2.38. The number of hydrogen-bond acceptors (Lipinski definition) is 9. The van der Waals surface area contributed by atoms with Gasteiger partial charge in [0.2, 0.25) is 5.88 Å². The van der Waals surface area contributed by atoms with Crippen molar-refractivity contribution in [3.05, 3.63) is 23.0 Å². The lowest BCUT2D eigenvalue weighted by Gasteiger charge is -2.26. The minimum absolute atomic E-state index is 0.559. The van der Waals surface area contributed by atoms with E-state index in [0.717, 1.165) is 82.5 Å². The van der Waals surface area contributed by atoms with Crippen molar-refractivity contribution >= 4 is 23.8 Å². The Morgan fingerprint density at radius 2 is 2.03 bits per heavy atom. The monoisotopic (exact) mass is 462 g/mol. The van der Waals surface area contributed by atoms with Gasteiger partial charge in [0.1, 0.15) is 12.4 Å². The zero-order valence-corrected chi connectivity index (χ0v) is 20.6. The van der Waals surface area contributed by atoms with Crippen LogP contribution in [0.15, 0.2) is 22.3 Å². The predicted molar refractivity (Wildman–Crippen MR) is 133 cm³/mol. The second kappa shape index (κ2) is 13.6. The van der Waals surface area contributed by atoms with Gasteiger partial charge in [0.05, 0.1) is 24.5 Å². The first-order valence-corrected chi connectivity index (χ1v) is 12.8. The number of anilines is 1. The van der Waals surface area contributed by atoms with Gasteiger partial charge >= 0.3 is 0 Å². The summed E-state index contributed by atoms with van der Waals surface area (Å²) in [6.07, 6.45) is 8.28. The average molecular weight is 463 g/mol. The van der Waals surface area contributed by atoms with Crippen LogP contribution in [0.5, 0.6) is 5.88 Å². The second-order valence-electron chi connectivity index (χ2n) is 8.03. The van der Waals surface area contributed by atoms with Gasteiger partial charge in [-0.2, -0.15) is 10.1 Å². The largest absolute Gasteiger partial charge is 0.476 e. The van der Waals surface area contributed by atoms with Crippen LogP contribution >= 0.6 is 11.8 Å². The summed E-state index contributed by atoms with van der Waals surface area (Å²) in [5.41, 5.74) is 3.14. The number of morpholine rings is 1. The number of ether oxygens (including phenoxy) is 2. The van der Waals surface area contributed by atoms with Crippen LogP contribution in [0.1, 0.15) is 52.3 Å². The smallest absolute Gasteiger partial charge is 0.219 e. The third-order valence-corrected chi connectivity index (χ3v) is 6.82. The van der Waals surface area contributed by atoms with Crippen molar-refractivity contribution < 1.29 is 9.47 Å².